The highest BCUT2D eigenvalue weighted by Gasteiger charge is 2.22. The summed E-state index contributed by atoms with van der Waals surface area (Å²) < 4.78 is 22.6. The number of quaternary nitrogens is 1. The van der Waals surface area contributed by atoms with E-state index in [0.29, 0.717) is 17.4 Å². The monoisotopic (exact) mass is 1030 g/mol. The van der Waals surface area contributed by atoms with Crippen LogP contribution in [-0.2, 0) is 33.3 Å². The lowest BCUT2D eigenvalue weighted by Crippen LogP contribution is -2.44. The lowest BCUT2D eigenvalue weighted by molar-refractivity contribution is -0.870. The van der Waals surface area contributed by atoms with E-state index in [2.05, 4.69) is 123 Å². The van der Waals surface area contributed by atoms with Crippen molar-refractivity contribution in [2.75, 3.05) is 47.5 Å². The third-order valence-corrected chi connectivity index (χ3v) is 12.2. The molecule has 74 heavy (non-hydrogen) atoms. The number of carboxylic acids is 1. The van der Waals surface area contributed by atoms with Gasteiger partial charge in [0.05, 0.1) is 40.3 Å². The third kappa shape index (κ3) is 55.7. The quantitative estimate of drug-likeness (QED) is 0.0195. The molecular weight excluding hydrogens is 923 g/mol. The van der Waals surface area contributed by atoms with Crippen molar-refractivity contribution in [2.24, 2.45) is 0 Å². The number of aliphatic carboxylic acids is 1. The number of hydrogen-bond donors (Lipinski definition) is 0. The number of hydrogen-bond acceptors (Lipinski definition) is 8. The van der Waals surface area contributed by atoms with Gasteiger partial charge in [0, 0.05) is 12.8 Å². The average Bonchev–Trinajstić information content (AvgIpc) is 3.37. The molecule has 0 aliphatic carbocycles. The number of carbonyl (C=O) groups is 3. The number of rotatable bonds is 53. The molecule has 9 heteroatoms. The van der Waals surface area contributed by atoms with Crippen molar-refractivity contribution in [1.82, 2.24) is 0 Å². The summed E-state index contributed by atoms with van der Waals surface area (Å²) in [6, 6.07) is 0. The second kappa shape index (κ2) is 55.2. The highest BCUT2D eigenvalue weighted by atomic mass is 16.7. The van der Waals surface area contributed by atoms with Gasteiger partial charge in [0.2, 0.25) is 0 Å². The Morgan fingerprint density at radius 3 is 1.16 bits per heavy atom. The molecule has 0 saturated heterocycles. The summed E-state index contributed by atoms with van der Waals surface area (Å²) in [7, 11) is 5.91. The number of ether oxygens (including phenoxy) is 4. The number of nitrogens with zero attached hydrogens (tertiary/aromatic N) is 1. The molecule has 0 aliphatic rings. The van der Waals surface area contributed by atoms with Crippen molar-refractivity contribution in [3.63, 3.8) is 0 Å². The maximum absolute atomic E-state index is 12.8. The largest absolute Gasteiger partial charge is 0.545 e. The van der Waals surface area contributed by atoms with Crippen molar-refractivity contribution in [3.8, 4) is 0 Å². The van der Waals surface area contributed by atoms with Crippen LogP contribution in [0.4, 0.5) is 0 Å². The number of carboxylic acid groups (broad SMARTS) is 1. The normalized spacial score (nSPS) is 13.6. The van der Waals surface area contributed by atoms with Crippen LogP contribution in [0.2, 0.25) is 0 Å². The lowest BCUT2D eigenvalue weighted by atomic mass is 10.0. The van der Waals surface area contributed by atoms with E-state index in [1.165, 1.54) is 77.0 Å². The molecular formula is C65H109NO8. The van der Waals surface area contributed by atoms with Gasteiger partial charge in [-0.3, -0.25) is 9.59 Å². The van der Waals surface area contributed by atoms with Gasteiger partial charge in [-0.2, -0.15) is 0 Å². The molecule has 0 rings (SSSR count). The summed E-state index contributed by atoms with van der Waals surface area (Å²) in [6.07, 6.45) is 73.1. The maximum atomic E-state index is 12.8. The number of carbonyl (C=O) groups excluding carboxylic acids is 3. The molecule has 0 radical (unpaired) electrons. The van der Waals surface area contributed by atoms with Crippen LogP contribution in [0.5, 0.6) is 0 Å². The standard InChI is InChI=1S/C65H109NO8/c1-6-8-10-12-14-16-18-19-20-21-22-23-24-25-26-27-28-29-30-31-32-33-34-35-36-37-38-39-40-41-42-43-44-45-46-48-50-52-54-56-63(68)74-61(60-73-65(64(69)70)71-58-57-66(3,4)5)59-72-62(67)55-53-51-49-47-17-15-13-11-9-7-2/h8,10-11,13-14,16,19-20,22-23,25-26,28-29,31-32,34-35,61,65H,6-7,9,12,15,17-18,21,24,27,30,33,36-60H2,1-5H3/b10-8-,13-11-,16-14-,20-19-,23-22-,26-25-,29-28-,32-31-,35-34-. The molecule has 0 aromatic rings. The number of unbranched alkanes of at least 4 members (excludes halogenated alkanes) is 20. The highest BCUT2D eigenvalue weighted by molar-refractivity contribution is 5.70. The molecule has 0 saturated carbocycles. The highest BCUT2D eigenvalue weighted by Crippen LogP contribution is 2.15. The summed E-state index contributed by atoms with van der Waals surface area (Å²) in [5.74, 6) is -2.30. The Kier molecular flexibility index (Phi) is 52.2. The summed E-state index contributed by atoms with van der Waals surface area (Å²) in [5.41, 5.74) is 0. The molecule has 0 aromatic heterocycles. The number of likely N-dealkylation sites (N-methyl/N-ethyl adjacent to an activating group) is 1. The van der Waals surface area contributed by atoms with E-state index in [-0.39, 0.29) is 38.6 Å². The first-order chi connectivity index (χ1) is 36.1. The molecule has 0 aliphatic heterocycles. The van der Waals surface area contributed by atoms with Crippen LogP contribution >= 0.6 is 0 Å². The van der Waals surface area contributed by atoms with E-state index in [1.807, 2.05) is 21.1 Å². The molecule has 0 amide bonds. The van der Waals surface area contributed by atoms with E-state index in [4.69, 9.17) is 18.9 Å². The molecule has 2 unspecified atom stereocenters. The summed E-state index contributed by atoms with van der Waals surface area (Å²) in [5, 5.41) is 11.7. The van der Waals surface area contributed by atoms with Crippen molar-refractivity contribution < 1.29 is 42.9 Å². The van der Waals surface area contributed by atoms with Gasteiger partial charge in [-0.25, -0.2) is 0 Å². The van der Waals surface area contributed by atoms with Crippen LogP contribution in [0, 0.1) is 0 Å². The van der Waals surface area contributed by atoms with Crippen LogP contribution in [0.3, 0.4) is 0 Å². The topological polar surface area (TPSA) is 111 Å². The number of esters is 2. The van der Waals surface area contributed by atoms with Crippen LogP contribution in [-0.4, -0.2) is 82.3 Å². The minimum Gasteiger partial charge on any atom is -0.545 e. The Balaban J connectivity index is 4.04. The molecule has 9 nitrogen and oxygen atoms in total. The van der Waals surface area contributed by atoms with Gasteiger partial charge in [-0.1, -0.05) is 226 Å². The Bertz CT molecular complexity index is 1580. The second-order valence-corrected chi connectivity index (χ2v) is 20.5. The fraction of sp³-hybridized carbons (Fsp3) is 0.677. The molecule has 422 valence electrons. The van der Waals surface area contributed by atoms with Crippen LogP contribution in [0.1, 0.15) is 226 Å². The van der Waals surface area contributed by atoms with E-state index >= 15 is 0 Å². The smallest absolute Gasteiger partial charge is 0.306 e. The predicted molar refractivity (Wildman–Crippen MR) is 310 cm³/mol. The van der Waals surface area contributed by atoms with Gasteiger partial charge < -0.3 is 33.3 Å². The zero-order chi connectivity index (χ0) is 54.1. The van der Waals surface area contributed by atoms with Crippen LogP contribution in [0.25, 0.3) is 0 Å². The van der Waals surface area contributed by atoms with Crippen LogP contribution in [0.15, 0.2) is 109 Å². The van der Waals surface area contributed by atoms with Crippen molar-refractivity contribution in [1.29, 1.82) is 0 Å². The zero-order valence-electron chi connectivity index (χ0n) is 47.9. The van der Waals surface area contributed by atoms with Gasteiger partial charge in [0.25, 0.3) is 0 Å². The van der Waals surface area contributed by atoms with Gasteiger partial charge in [0.1, 0.15) is 13.2 Å². The van der Waals surface area contributed by atoms with E-state index < -0.39 is 24.3 Å². The van der Waals surface area contributed by atoms with Crippen LogP contribution < -0.4 is 5.11 Å². The zero-order valence-corrected chi connectivity index (χ0v) is 47.9. The molecule has 0 spiro atoms. The lowest BCUT2D eigenvalue weighted by Gasteiger charge is -2.26. The fourth-order valence-electron chi connectivity index (χ4n) is 7.73. The van der Waals surface area contributed by atoms with Crippen molar-refractivity contribution >= 4 is 17.9 Å². The minimum absolute atomic E-state index is 0.143. The molecule has 0 aromatic carbocycles. The van der Waals surface area contributed by atoms with Gasteiger partial charge in [0.15, 0.2) is 12.4 Å². The Morgan fingerprint density at radius 1 is 0.419 bits per heavy atom. The molecule has 0 heterocycles. The molecule has 0 fully saturated rings. The fourth-order valence-corrected chi connectivity index (χ4v) is 7.73. The van der Waals surface area contributed by atoms with E-state index in [0.717, 1.165) is 116 Å². The van der Waals surface area contributed by atoms with Gasteiger partial charge in [-0.15, -0.1) is 0 Å². The Hall–Kier alpha value is -4.05. The molecule has 0 N–H and O–H groups in total. The van der Waals surface area contributed by atoms with Crippen molar-refractivity contribution in [2.45, 2.75) is 238 Å². The van der Waals surface area contributed by atoms with Crippen molar-refractivity contribution in [3.05, 3.63) is 109 Å². The second-order valence-electron chi connectivity index (χ2n) is 20.5. The van der Waals surface area contributed by atoms with Gasteiger partial charge in [-0.05, 0) is 96.3 Å². The first-order valence-electron chi connectivity index (χ1n) is 29.5. The third-order valence-electron chi connectivity index (χ3n) is 12.2. The van der Waals surface area contributed by atoms with E-state index in [9.17, 15) is 19.5 Å². The minimum atomic E-state index is -1.63. The Morgan fingerprint density at radius 2 is 0.770 bits per heavy atom. The van der Waals surface area contributed by atoms with Gasteiger partial charge >= 0.3 is 11.9 Å². The Labute approximate surface area is 454 Å². The number of allylic oxidation sites excluding steroid dienone is 18. The van der Waals surface area contributed by atoms with E-state index in [1.54, 1.807) is 0 Å². The predicted octanol–water partition coefficient (Wildman–Crippen LogP) is 16.2. The first kappa shape index (κ1) is 70.0. The summed E-state index contributed by atoms with van der Waals surface area (Å²) >= 11 is 0. The molecule has 0 bridgehead atoms. The summed E-state index contributed by atoms with van der Waals surface area (Å²) in [6.45, 7) is 4.54. The first-order valence-corrected chi connectivity index (χ1v) is 29.5. The maximum Gasteiger partial charge on any atom is 0.306 e. The SMILES string of the molecule is CC/C=C\C/C=C\C/C=C\C/C=C\C/C=C\C/C=C\C/C=C\C/C=C\CCCCCCCCCCCCCCCCC(=O)OC(COC(=O)CCCCCCC/C=C\CCC)COC(OCC[N+](C)(C)C)C(=O)[O-]. The average molecular weight is 1030 g/mol. The summed E-state index contributed by atoms with van der Waals surface area (Å²) in [4.78, 5) is 37.1. The molecule has 2 atom stereocenters.